The van der Waals surface area contributed by atoms with Gasteiger partial charge in [0.05, 0.1) is 23.9 Å². The van der Waals surface area contributed by atoms with Gasteiger partial charge in [0.25, 0.3) is 0 Å². The van der Waals surface area contributed by atoms with Crippen LogP contribution in [0.15, 0.2) is 23.7 Å². The minimum absolute atomic E-state index is 0.207. The van der Waals surface area contributed by atoms with Crippen LogP contribution in [0.1, 0.15) is 15.2 Å². The first-order valence-electron chi connectivity index (χ1n) is 4.55. The van der Waals surface area contributed by atoms with Crippen LogP contribution in [0.5, 0.6) is 0 Å². The number of aromatic nitrogens is 2. The van der Waals surface area contributed by atoms with Crippen LogP contribution in [0, 0.1) is 10.1 Å². The van der Waals surface area contributed by atoms with E-state index in [1.807, 2.05) is 0 Å². The van der Waals surface area contributed by atoms with Crippen LogP contribution in [-0.2, 0) is 6.54 Å². The highest BCUT2D eigenvalue weighted by atomic mass is 32.1. The zero-order valence-corrected chi connectivity index (χ0v) is 9.25. The van der Waals surface area contributed by atoms with Crippen LogP contribution >= 0.6 is 11.3 Å². The number of nitro groups is 1. The molecule has 0 aromatic carbocycles. The number of hydrogen-bond acceptors (Lipinski definition) is 5. The van der Waals surface area contributed by atoms with Crippen molar-refractivity contribution >= 4 is 23.1 Å². The van der Waals surface area contributed by atoms with Crippen molar-refractivity contribution in [3.8, 4) is 0 Å². The third-order valence-corrected chi connectivity index (χ3v) is 3.03. The van der Waals surface area contributed by atoms with Gasteiger partial charge in [-0.1, -0.05) is 0 Å². The lowest BCUT2D eigenvalue weighted by atomic mass is 10.2. The number of thiophene rings is 1. The van der Waals surface area contributed by atoms with Crippen LogP contribution in [0.3, 0.4) is 0 Å². The number of carboxylic acids is 1. The molecule has 88 valence electrons. The van der Waals surface area contributed by atoms with Crippen molar-refractivity contribution in [1.29, 1.82) is 0 Å². The predicted octanol–water partition coefficient (Wildman–Crippen LogP) is 1.60. The summed E-state index contributed by atoms with van der Waals surface area (Å²) in [5.41, 5.74) is 0.584. The van der Waals surface area contributed by atoms with E-state index < -0.39 is 10.9 Å². The molecule has 7 nitrogen and oxygen atoms in total. The van der Waals surface area contributed by atoms with E-state index in [1.165, 1.54) is 16.9 Å². The summed E-state index contributed by atoms with van der Waals surface area (Å²) in [6, 6.07) is 2.94. The SMILES string of the molecule is O=C(O)c1sccc1Cn1ccc([N+](=O)[O-])n1. The monoisotopic (exact) mass is 253 g/mol. The topological polar surface area (TPSA) is 98.3 Å². The second-order valence-electron chi connectivity index (χ2n) is 3.21. The van der Waals surface area contributed by atoms with E-state index in [-0.39, 0.29) is 17.2 Å². The standard InChI is InChI=1S/C9H7N3O4S/c13-9(14)8-6(2-4-17-8)5-11-3-1-7(10-11)12(15)16/h1-4H,5H2,(H,13,14). The minimum Gasteiger partial charge on any atom is -0.477 e. The smallest absolute Gasteiger partial charge is 0.389 e. The molecule has 0 bridgehead atoms. The molecule has 0 saturated carbocycles. The van der Waals surface area contributed by atoms with Crippen LogP contribution < -0.4 is 0 Å². The van der Waals surface area contributed by atoms with Gasteiger partial charge in [-0.3, -0.25) is 0 Å². The molecule has 2 aromatic rings. The first-order chi connectivity index (χ1) is 8.08. The maximum atomic E-state index is 10.9. The van der Waals surface area contributed by atoms with Gasteiger partial charge in [0.2, 0.25) is 0 Å². The number of hydrogen-bond donors (Lipinski definition) is 1. The average molecular weight is 253 g/mol. The molecule has 0 radical (unpaired) electrons. The highest BCUT2D eigenvalue weighted by molar-refractivity contribution is 7.12. The summed E-state index contributed by atoms with van der Waals surface area (Å²) >= 11 is 1.12. The molecule has 0 atom stereocenters. The lowest BCUT2D eigenvalue weighted by molar-refractivity contribution is -0.389. The third kappa shape index (κ3) is 2.31. The molecule has 2 heterocycles. The van der Waals surface area contributed by atoms with Gasteiger partial charge in [-0.05, 0) is 16.4 Å². The van der Waals surface area contributed by atoms with Gasteiger partial charge < -0.3 is 15.2 Å². The molecule has 2 rings (SSSR count). The van der Waals surface area contributed by atoms with Crippen molar-refractivity contribution in [2.75, 3.05) is 0 Å². The fraction of sp³-hybridized carbons (Fsp3) is 0.111. The van der Waals surface area contributed by atoms with E-state index in [1.54, 1.807) is 11.4 Å². The number of aromatic carboxylic acids is 1. The summed E-state index contributed by atoms with van der Waals surface area (Å²) in [4.78, 5) is 20.9. The molecular weight excluding hydrogens is 246 g/mol. The summed E-state index contributed by atoms with van der Waals surface area (Å²) in [6.07, 6.45) is 1.45. The molecule has 0 spiro atoms. The van der Waals surface area contributed by atoms with Crippen molar-refractivity contribution in [3.05, 3.63) is 44.3 Å². The van der Waals surface area contributed by atoms with Gasteiger partial charge >= 0.3 is 11.8 Å². The zero-order valence-electron chi connectivity index (χ0n) is 8.44. The first kappa shape index (κ1) is 11.3. The predicted molar refractivity (Wildman–Crippen MR) is 59.3 cm³/mol. The number of rotatable bonds is 4. The largest absolute Gasteiger partial charge is 0.477 e. The molecule has 8 heteroatoms. The zero-order chi connectivity index (χ0) is 12.4. The molecule has 2 aromatic heterocycles. The first-order valence-corrected chi connectivity index (χ1v) is 5.43. The fourth-order valence-electron chi connectivity index (χ4n) is 1.36. The van der Waals surface area contributed by atoms with Crippen LogP contribution in [0.2, 0.25) is 0 Å². The molecule has 0 amide bonds. The van der Waals surface area contributed by atoms with Gasteiger partial charge in [0.1, 0.15) is 4.88 Å². The van der Waals surface area contributed by atoms with E-state index in [9.17, 15) is 14.9 Å². The molecule has 0 aliphatic carbocycles. The van der Waals surface area contributed by atoms with Gasteiger partial charge in [-0.25, -0.2) is 4.79 Å². The molecule has 0 saturated heterocycles. The Morgan fingerprint density at radius 1 is 1.59 bits per heavy atom. The Bertz CT molecular complexity index is 574. The molecule has 1 N–H and O–H groups in total. The van der Waals surface area contributed by atoms with E-state index >= 15 is 0 Å². The van der Waals surface area contributed by atoms with E-state index in [4.69, 9.17) is 5.11 Å². The van der Waals surface area contributed by atoms with Crippen molar-refractivity contribution in [1.82, 2.24) is 9.78 Å². The second kappa shape index (κ2) is 4.34. The second-order valence-corrected chi connectivity index (χ2v) is 4.12. The quantitative estimate of drug-likeness (QED) is 0.659. The lowest BCUT2D eigenvalue weighted by Gasteiger charge is -1.96. The van der Waals surface area contributed by atoms with Gasteiger partial charge in [-0.2, -0.15) is 4.68 Å². The van der Waals surface area contributed by atoms with Crippen LogP contribution in [0.25, 0.3) is 0 Å². The summed E-state index contributed by atoms with van der Waals surface area (Å²) in [6.45, 7) is 0.207. The van der Waals surface area contributed by atoms with Crippen molar-refractivity contribution in [2.45, 2.75) is 6.54 Å². The molecule has 0 aliphatic rings. The van der Waals surface area contributed by atoms with Crippen molar-refractivity contribution in [2.24, 2.45) is 0 Å². The summed E-state index contributed by atoms with van der Waals surface area (Å²) in [5.74, 6) is -1.26. The molecule has 0 fully saturated rings. The van der Waals surface area contributed by atoms with E-state index in [0.29, 0.717) is 5.56 Å². The Balaban J connectivity index is 2.22. The Kier molecular flexibility index (Phi) is 2.88. The summed E-state index contributed by atoms with van der Waals surface area (Å²) < 4.78 is 1.34. The Labute approximate surface area is 99.1 Å². The molecule has 0 aliphatic heterocycles. The average Bonchev–Trinajstić information content (AvgIpc) is 2.86. The van der Waals surface area contributed by atoms with Crippen LogP contribution in [0.4, 0.5) is 5.82 Å². The number of nitrogens with zero attached hydrogens (tertiary/aromatic N) is 3. The maximum absolute atomic E-state index is 10.9. The molecule has 0 unspecified atom stereocenters. The fourth-order valence-corrected chi connectivity index (χ4v) is 2.11. The molecular formula is C9H7N3O4S. The van der Waals surface area contributed by atoms with E-state index in [0.717, 1.165) is 11.3 Å². The molecule has 17 heavy (non-hydrogen) atoms. The highest BCUT2D eigenvalue weighted by Crippen LogP contribution is 2.18. The minimum atomic E-state index is -1.00. The normalized spacial score (nSPS) is 10.4. The Morgan fingerprint density at radius 2 is 2.35 bits per heavy atom. The van der Waals surface area contributed by atoms with Crippen molar-refractivity contribution < 1.29 is 14.8 Å². The number of carbonyl (C=O) groups is 1. The lowest BCUT2D eigenvalue weighted by Crippen LogP contribution is -2.05. The van der Waals surface area contributed by atoms with Gasteiger partial charge in [0.15, 0.2) is 0 Å². The summed E-state index contributed by atoms with van der Waals surface area (Å²) in [7, 11) is 0. The number of carboxylic acid groups (broad SMARTS) is 1. The van der Waals surface area contributed by atoms with Crippen molar-refractivity contribution in [3.63, 3.8) is 0 Å². The maximum Gasteiger partial charge on any atom is 0.389 e. The van der Waals surface area contributed by atoms with Gasteiger partial charge in [0, 0.05) is 5.56 Å². The highest BCUT2D eigenvalue weighted by Gasteiger charge is 2.15. The van der Waals surface area contributed by atoms with Crippen LogP contribution in [-0.4, -0.2) is 25.8 Å². The van der Waals surface area contributed by atoms with E-state index in [2.05, 4.69) is 5.10 Å². The summed E-state index contributed by atoms with van der Waals surface area (Å²) in [5, 5.41) is 24.7. The van der Waals surface area contributed by atoms with Gasteiger partial charge in [-0.15, -0.1) is 11.3 Å². The Hall–Kier alpha value is -2.22. The third-order valence-electron chi connectivity index (χ3n) is 2.09. The Morgan fingerprint density at radius 3 is 2.94 bits per heavy atom.